The summed E-state index contributed by atoms with van der Waals surface area (Å²) in [4.78, 5) is 13.6. The van der Waals surface area contributed by atoms with Crippen molar-refractivity contribution >= 4 is 27.4 Å². The van der Waals surface area contributed by atoms with E-state index in [1.54, 1.807) is 17.7 Å². The largest absolute Gasteiger partial charge is 0.356 e. The summed E-state index contributed by atoms with van der Waals surface area (Å²) in [6.07, 6.45) is 4.00. The van der Waals surface area contributed by atoms with Gasteiger partial charge in [-0.05, 0) is 38.7 Å². The molecule has 0 bridgehead atoms. The lowest BCUT2D eigenvalue weighted by atomic mass is 9.91. The summed E-state index contributed by atoms with van der Waals surface area (Å²) in [7, 11) is 0. The zero-order valence-corrected chi connectivity index (χ0v) is 12.3. The summed E-state index contributed by atoms with van der Waals surface area (Å²) in [6, 6.07) is 2.50. The van der Waals surface area contributed by atoms with Crippen molar-refractivity contribution in [3.63, 3.8) is 0 Å². The molecule has 3 rings (SSSR count). The van der Waals surface area contributed by atoms with Crippen LogP contribution in [0.1, 0.15) is 24.6 Å². The van der Waals surface area contributed by atoms with Crippen LogP contribution < -0.4 is 10.6 Å². The van der Waals surface area contributed by atoms with Crippen molar-refractivity contribution in [2.45, 2.75) is 32.7 Å². The number of rotatable bonds is 2. The van der Waals surface area contributed by atoms with Gasteiger partial charge in [0.1, 0.15) is 17.0 Å². The molecule has 5 heteroatoms. The van der Waals surface area contributed by atoms with Gasteiger partial charge in [-0.2, -0.15) is 0 Å². The molecule has 102 valence electrons. The Morgan fingerprint density at radius 2 is 2.11 bits per heavy atom. The van der Waals surface area contributed by atoms with Gasteiger partial charge in [0.15, 0.2) is 0 Å². The Bertz CT molecular complexity index is 570. The number of thiophene rings is 1. The van der Waals surface area contributed by atoms with E-state index < -0.39 is 0 Å². The van der Waals surface area contributed by atoms with E-state index in [9.17, 15) is 0 Å². The number of aryl methyl sites for hydroxylation is 1. The summed E-state index contributed by atoms with van der Waals surface area (Å²) in [5.41, 5.74) is 6.00. The number of fused-ring (bicyclic) bond motifs is 1. The molecule has 1 unspecified atom stereocenters. The highest BCUT2D eigenvalue weighted by atomic mass is 32.1. The van der Waals surface area contributed by atoms with Gasteiger partial charge in [-0.15, -0.1) is 11.3 Å². The van der Waals surface area contributed by atoms with E-state index in [0.29, 0.717) is 12.0 Å². The minimum absolute atomic E-state index is 0.302. The van der Waals surface area contributed by atoms with Crippen LogP contribution in [0.25, 0.3) is 10.2 Å². The van der Waals surface area contributed by atoms with Gasteiger partial charge in [0.2, 0.25) is 0 Å². The molecule has 0 saturated carbocycles. The van der Waals surface area contributed by atoms with Crippen LogP contribution in [0.5, 0.6) is 0 Å². The molecule has 0 aromatic carbocycles. The maximum atomic E-state index is 6.00. The second-order valence-electron chi connectivity index (χ2n) is 5.46. The Morgan fingerprint density at radius 3 is 2.79 bits per heavy atom. The Labute approximate surface area is 117 Å². The number of aromatic nitrogens is 2. The molecule has 0 spiro atoms. The molecule has 3 heterocycles. The molecule has 2 aromatic rings. The maximum Gasteiger partial charge on any atom is 0.140 e. The van der Waals surface area contributed by atoms with Crippen molar-refractivity contribution in [1.29, 1.82) is 0 Å². The molecule has 1 aliphatic rings. The van der Waals surface area contributed by atoms with Crippen LogP contribution in [0.3, 0.4) is 0 Å². The molecule has 1 atom stereocenters. The van der Waals surface area contributed by atoms with Crippen molar-refractivity contribution in [3.8, 4) is 0 Å². The van der Waals surface area contributed by atoms with E-state index in [0.717, 1.165) is 36.6 Å². The predicted molar refractivity (Wildman–Crippen MR) is 80.7 cm³/mol. The summed E-state index contributed by atoms with van der Waals surface area (Å²) < 4.78 is 0. The first kappa shape index (κ1) is 12.8. The van der Waals surface area contributed by atoms with E-state index in [2.05, 4.69) is 34.8 Å². The second-order valence-corrected chi connectivity index (χ2v) is 6.69. The molecule has 1 fully saturated rings. The summed E-state index contributed by atoms with van der Waals surface area (Å²) in [6.45, 7) is 6.34. The maximum absolute atomic E-state index is 6.00. The predicted octanol–water partition coefficient (Wildman–Crippen LogP) is 2.56. The number of hydrogen-bond donors (Lipinski definition) is 1. The SMILES string of the molecule is Cc1cc2c(N3CCC(C(C)N)CC3)ncnc2s1. The molecule has 0 radical (unpaired) electrons. The van der Waals surface area contributed by atoms with E-state index in [1.165, 1.54) is 10.3 Å². The quantitative estimate of drug-likeness (QED) is 0.916. The first-order chi connectivity index (χ1) is 9.15. The topological polar surface area (TPSA) is 55.0 Å². The van der Waals surface area contributed by atoms with Gasteiger partial charge in [-0.3, -0.25) is 0 Å². The molecule has 1 aliphatic heterocycles. The van der Waals surface area contributed by atoms with E-state index in [1.807, 2.05) is 0 Å². The molecular weight excluding hydrogens is 256 g/mol. The monoisotopic (exact) mass is 276 g/mol. The molecule has 19 heavy (non-hydrogen) atoms. The molecule has 2 aromatic heterocycles. The zero-order chi connectivity index (χ0) is 13.4. The van der Waals surface area contributed by atoms with Gasteiger partial charge < -0.3 is 10.6 Å². The van der Waals surface area contributed by atoms with Crippen LogP contribution in [0.2, 0.25) is 0 Å². The van der Waals surface area contributed by atoms with Crippen LogP contribution in [-0.4, -0.2) is 29.1 Å². The average Bonchev–Trinajstić information content (AvgIpc) is 2.78. The minimum Gasteiger partial charge on any atom is -0.356 e. The van der Waals surface area contributed by atoms with Crippen LogP contribution in [0, 0.1) is 12.8 Å². The van der Waals surface area contributed by atoms with E-state index in [-0.39, 0.29) is 0 Å². The Morgan fingerprint density at radius 1 is 1.37 bits per heavy atom. The highest BCUT2D eigenvalue weighted by molar-refractivity contribution is 7.18. The molecular formula is C14H20N4S. The van der Waals surface area contributed by atoms with Gasteiger partial charge in [0.25, 0.3) is 0 Å². The van der Waals surface area contributed by atoms with Gasteiger partial charge >= 0.3 is 0 Å². The fourth-order valence-electron chi connectivity index (χ4n) is 2.85. The number of nitrogens with two attached hydrogens (primary N) is 1. The Kier molecular flexibility index (Phi) is 3.41. The molecule has 0 amide bonds. The van der Waals surface area contributed by atoms with Crippen LogP contribution in [-0.2, 0) is 0 Å². The van der Waals surface area contributed by atoms with Crippen molar-refractivity contribution in [1.82, 2.24) is 9.97 Å². The Hall–Kier alpha value is -1.20. The Balaban J connectivity index is 1.85. The number of hydrogen-bond acceptors (Lipinski definition) is 5. The minimum atomic E-state index is 0.302. The first-order valence-corrected chi connectivity index (χ1v) is 7.68. The second kappa shape index (κ2) is 5.06. The first-order valence-electron chi connectivity index (χ1n) is 6.87. The summed E-state index contributed by atoms with van der Waals surface area (Å²) in [5, 5.41) is 1.20. The van der Waals surface area contributed by atoms with Crippen molar-refractivity contribution in [3.05, 3.63) is 17.3 Å². The lowest BCUT2D eigenvalue weighted by molar-refractivity contribution is 0.354. The van der Waals surface area contributed by atoms with Gasteiger partial charge in [0, 0.05) is 24.0 Å². The number of piperidine rings is 1. The highest BCUT2D eigenvalue weighted by Crippen LogP contribution is 2.32. The third kappa shape index (κ3) is 2.44. The fourth-order valence-corrected chi connectivity index (χ4v) is 3.69. The number of nitrogens with zero attached hydrogens (tertiary/aromatic N) is 3. The standard InChI is InChI=1S/C14H20N4S/c1-9-7-12-13(16-8-17-14(12)19-9)18-5-3-11(4-6-18)10(2)15/h7-8,10-11H,3-6,15H2,1-2H3. The smallest absolute Gasteiger partial charge is 0.140 e. The average molecular weight is 276 g/mol. The van der Waals surface area contributed by atoms with Gasteiger partial charge in [-0.1, -0.05) is 0 Å². The highest BCUT2D eigenvalue weighted by Gasteiger charge is 2.24. The van der Waals surface area contributed by atoms with Crippen LogP contribution in [0.15, 0.2) is 12.4 Å². The molecule has 2 N–H and O–H groups in total. The third-order valence-electron chi connectivity index (χ3n) is 4.01. The summed E-state index contributed by atoms with van der Waals surface area (Å²) >= 11 is 1.74. The summed E-state index contributed by atoms with van der Waals surface area (Å²) in [5.74, 6) is 1.75. The van der Waals surface area contributed by atoms with Gasteiger partial charge in [0.05, 0.1) is 5.39 Å². The number of anilines is 1. The van der Waals surface area contributed by atoms with E-state index in [4.69, 9.17) is 5.73 Å². The molecule has 0 aliphatic carbocycles. The lowest BCUT2D eigenvalue weighted by Crippen LogP contribution is -2.40. The van der Waals surface area contributed by atoms with Crippen LogP contribution in [0.4, 0.5) is 5.82 Å². The molecule has 4 nitrogen and oxygen atoms in total. The molecule has 1 saturated heterocycles. The van der Waals surface area contributed by atoms with E-state index >= 15 is 0 Å². The fraction of sp³-hybridized carbons (Fsp3) is 0.571. The van der Waals surface area contributed by atoms with Crippen molar-refractivity contribution in [2.24, 2.45) is 11.7 Å². The lowest BCUT2D eigenvalue weighted by Gasteiger charge is -2.34. The third-order valence-corrected chi connectivity index (χ3v) is 4.97. The normalized spacial score (nSPS) is 19.0. The van der Waals surface area contributed by atoms with Crippen molar-refractivity contribution < 1.29 is 0 Å². The van der Waals surface area contributed by atoms with Crippen LogP contribution >= 0.6 is 11.3 Å². The van der Waals surface area contributed by atoms with Crippen molar-refractivity contribution in [2.75, 3.05) is 18.0 Å². The zero-order valence-electron chi connectivity index (χ0n) is 11.5. The van der Waals surface area contributed by atoms with Gasteiger partial charge in [-0.25, -0.2) is 9.97 Å².